The number of anilines is 1. The molecule has 3 aromatic rings. The third-order valence-electron chi connectivity index (χ3n) is 4.56. The van der Waals surface area contributed by atoms with Gasteiger partial charge in [0.1, 0.15) is 5.75 Å². The molecule has 3 aromatic carbocycles. The van der Waals surface area contributed by atoms with Crippen LogP contribution in [0.2, 0.25) is 0 Å². The lowest BCUT2D eigenvalue weighted by Crippen LogP contribution is -2.27. The fourth-order valence-corrected chi connectivity index (χ4v) is 3.03. The van der Waals surface area contributed by atoms with Crippen LogP contribution in [0.1, 0.15) is 39.6 Å². The van der Waals surface area contributed by atoms with Gasteiger partial charge in [-0.1, -0.05) is 61.5 Å². The van der Waals surface area contributed by atoms with Crippen LogP contribution in [0.5, 0.6) is 5.75 Å². The molecule has 0 fully saturated rings. The zero-order valence-electron chi connectivity index (χ0n) is 17.1. The normalized spacial score (nSPS) is 10.3. The van der Waals surface area contributed by atoms with Gasteiger partial charge in [0.2, 0.25) is 0 Å². The zero-order chi connectivity index (χ0) is 21.2. The van der Waals surface area contributed by atoms with Crippen LogP contribution in [0.4, 0.5) is 5.69 Å². The summed E-state index contributed by atoms with van der Waals surface area (Å²) in [4.78, 5) is 25.5. The van der Waals surface area contributed by atoms with Crippen LogP contribution in [-0.2, 0) is 6.42 Å². The number of rotatable bonds is 9. The van der Waals surface area contributed by atoms with Crippen molar-refractivity contribution in [2.24, 2.45) is 0 Å². The minimum Gasteiger partial charge on any atom is -0.493 e. The van der Waals surface area contributed by atoms with Crippen LogP contribution in [-0.4, -0.2) is 25.0 Å². The van der Waals surface area contributed by atoms with Crippen molar-refractivity contribution in [3.63, 3.8) is 0 Å². The summed E-state index contributed by atoms with van der Waals surface area (Å²) >= 11 is 0. The first-order valence-corrected chi connectivity index (χ1v) is 10.1. The molecule has 0 heterocycles. The maximum Gasteiger partial charge on any atom is 0.259 e. The van der Waals surface area contributed by atoms with Gasteiger partial charge in [-0.15, -0.1) is 0 Å². The van der Waals surface area contributed by atoms with E-state index in [1.54, 1.807) is 42.5 Å². The van der Waals surface area contributed by atoms with Crippen molar-refractivity contribution in [2.75, 3.05) is 18.5 Å². The molecular weight excluding hydrogens is 376 g/mol. The molecule has 0 aromatic heterocycles. The first-order valence-electron chi connectivity index (χ1n) is 10.1. The first kappa shape index (κ1) is 21.1. The summed E-state index contributed by atoms with van der Waals surface area (Å²) < 4.78 is 5.68. The highest BCUT2D eigenvalue weighted by Crippen LogP contribution is 2.22. The van der Waals surface area contributed by atoms with E-state index in [1.807, 2.05) is 43.3 Å². The van der Waals surface area contributed by atoms with Crippen LogP contribution in [0, 0.1) is 0 Å². The number of hydrogen-bond donors (Lipinski definition) is 2. The molecule has 0 unspecified atom stereocenters. The largest absolute Gasteiger partial charge is 0.493 e. The number of hydrogen-bond acceptors (Lipinski definition) is 3. The number of carbonyl (C=O) groups is 2. The number of ether oxygens (including phenoxy) is 1. The maximum absolute atomic E-state index is 12.8. The predicted molar refractivity (Wildman–Crippen MR) is 119 cm³/mol. The van der Waals surface area contributed by atoms with Crippen LogP contribution < -0.4 is 15.4 Å². The molecule has 0 spiro atoms. The number of benzene rings is 3. The molecule has 0 aliphatic carbocycles. The quantitative estimate of drug-likeness (QED) is 0.545. The van der Waals surface area contributed by atoms with E-state index in [0.29, 0.717) is 35.7 Å². The van der Waals surface area contributed by atoms with Gasteiger partial charge in [-0.3, -0.25) is 9.59 Å². The Morgan fingerprint density at radius 1 is 0.800 bits per heavy atom. The molecule has 5 heteroatoms. The molecule has 154 valence electrons. The van der Waals surface area contributed by atoms with E-state index in [-0.39, 0.29) is 11.8 Å². The first-order chi connectivity index (χ1) is 14.7. The minimum atomic E-state index is -0.314. The summed E-state index contributed by atoms with van der Waals surface area (Å²) in [6, 6.07) is 24.1. The molecule has 0 aliphatic rings. The van der Waals surface area contributed by atoms with Crippen molar-refractivity contribution >= 4 is 17.5 Å². The van der Waals surface area contributed by atoms with Crippen molar-refractivity contribution < 1.29 is 14.3 Å². The molecule has 0 aliphatic heterocycles. The van der Waals surface area contributed by atoms with Gasteiger partial charge >= 0.3 is 0 Å². The van der Waals surface area contributed by atoms with E-state index in [2.05, 4.69) is 10.6 Å². The number of amides is 2. The SMILES string of the molecule is CCCOc1ccccc1C(=O)Nc1ccccc1C(=O)NCCc1ccccc1. The van der Waals surface area contributed by atoms with Crippen LogP contribution in [0.25, 0.3) is 0 Å². The van der Waals surface area contributed by atoms with Crippen LogP contribution in [0.15, 0.2) is 78.9 Å². The van der Waals surface area contributed by atoms with Gasteiger partial charge in [-0.05, 0) is 42.7 Å². The Balaban J connectivity index is 1.68. The van der Waals surface area contributed by atoms with E-state index >= 15 is 0 Å². The Bertz CT molecular complexity index is 986. The number of nitrogens with one attached hydrogen (secondary N) is 2. The van der Waals surface area contributed by atoms with Crippen molar-refractivity contribution in [3.05, 3.63) is 95.6 Å². The second-order valence-electron chi connectivity index (χ2n) is 6.84. The second kappa shape index (κ2) is 10.8. The van der Waals surface area contributed by atoms with Gasteiger partial charge in [0.25, 0.3) is 11.8 Å². The second-order valence-corrected chi connectivity index (χ2v) is 6.84. The van der Waals surface area contributed by atoms with E-state index in [9.17, 15) is 9.59 Å². The van der Waals surface area contributed by atoms with Gasteiger partial charge < -0.3 is 15.4 Å². The zero-order valence-corrected chi connectivity index (χ0v) is 17.1. The molecule has 2 N–H and O–H groups in total. The van der Waals surface area contributed by atoms with E-state index in [1.165, 1.54) is 0 Å². The van der Waals surface area contributed by atoms with E-state index in [4.69, 9.17) is 4.74 Å². The molecule has 5 nitrogen and oxygen atoms in total. The van der Waals surface area contributed by atoms with Crippen molar-refractivity contribution in [1.29, 1.82) is 0 Å². The third-order valence-corrected chi connectivity index (χ3v) is 4.56. The van der Waals surface area contributed by atoms with E-state index < -0.39 is 0 Å². The lowest BCUT2D eigenvalue weighted by molar-refractivity contribution is 0.0955. The lowest BCUT2D eigenvalue weighted by Gasteiger charge is -2.14. The average Bonchev–Trinajstić information content (AvgIpc) is 2.79. The molecule has 0 radical (unpaired) electrons. The summed E-state index contributed by atoms with van der Waals surface area (Å²) in [5.41, 5.74) is 2.48. The lowest BCUT2D eigenvalue weighted by atomic mass is 10.1. The molecule has 0 bridgehead atoms. The Morgan fingerprint density at radius 3 is 2.23 bits per heavy atom. The minimum absolute atomic E-state index is 0.225. The Kier molecular flexibility index (Phi) is 7.61. The Morgan fingerprint density at radius 2 is 1.47 bits per heavy atom. The number of carbonyl (C=O) groups excluding carboxylic acids is 2. The summed E-state index contributed by atoms with van der Waals surface area (Å²) in [7, 11) is 0. The Labute approximate surface area is 177 Å². The highest BCUT2D eigenvalue weighted by molar-refractivity contribution is 6.10. The fourth-order valence-electron chi connectivity index (χ4n) is 3.03. The monoisotopic (exact) mass is 402 g/mol. The molecule has 30 heavy (non-hydrogen) atoms. The summed E-state index contributed by atoms with van der Waals surface area (Å²) in [6.45, 7) is 3.05. The molecular formula is C25H26N2O3. The summed E-state index contributed by atoms with van der Waals surface area (Å²) in [5, 5.41) is 5.78. The average molecular weight is 402 g/mol. The van der Waals surface area contributed by atoms with Crippen molar-refractivity contribution in [1.82, 2.24) is 5.32 Å². The van der Waals surface area contributed by atoms with Gasteiger partial charge in [0, 0.05) is 6.54 Å². The summed E-state index contributed by atoms with van der Waals surface area (Å²) in [6.07, 6.45) is 1.59. The maximum atomic E-state index is 12.8. The third kappa shape index (κ3) is 5.70. The summed E-state index contributed by atoms with van der Waals surface area (Å²) in [5.74, 6) is -0.00904. The smallest absolute Gasteiger partial charge is 0.259 e. The molecule has 0 atom stereocenters. The molecule has 2 amide bonds. The molecule has 3 rings (SSSR count). The standard InChI is InChI=1S/C25H26N2O3/c1-2-18-30-23-15-9-7-13-21(23)25(29)27-22-14-8-6-12-20(22)24(28)26-17-16-19-10-4-3-5-11-19/h3-15H,2,16-18H2,1H3,(H,26,28)(H,27,29). The van der Waals surface area contributed by atoms with Gasteiger partial charge in [0.15, 0.2) is 0 Å². The van der Waals surface area contributed by atoms with Crippen molar-refractivity contribution in [3.8, 4) is 5.75 Å². The van der Waals surface area contributed by atoms with Crippen LogP contribution >= 0.6 is 0 Å². The molecule has 0 saturated carbocycles. The van der Waals surface area contributed by atoms with Gasteiger partial charge in [-0.2, -0.15) is 0 Å². The predicted octanol–water partition coefficient (Wildman–Crippen LogP) is 4.70. The van der Waals surface area contributed by atoms with Crippen molar-refractivity contribution in [2.45, 2.75) is 19.8 Å². The number of para-hydroxylation sites is 2. The topological polar surface area (TPSA) is 67.4 Å². The van der Waals surface area contributed by atoms with Gasteiger partial charge in [-0.25, -0.2) is 0 Å². The Hall–Kier alpha value is -3.60. The molecule has 0 saturated heterocycles. The highest BCUT2D eigenvalue weighted by atomic mass is 16.5. The van der Waals surface area contributed by atoms with E-state index in [0.717, 1.165) is 18.4 Å². The fraction of sp³-hybridized carbons (Fsp3) is 0.200. The van der Waals surface area contributed by atoms with Crippen LogP contribution in [0.3, 0.4) is 0 Å². The highest BCUT2D eigenvalue weighted by Gasteiger charge is 2.16. The van der Waals surface area contributed by atoms with Gasteiger partial charge in [0.05, 0.1) is 23.4 Å².